The molecule has 1 aliphatic carbocycles. The molecule has 0 bridgehead atoms. The quantitative estimate of drug-likeness (QED) is 0.835. The Morgan fingerprint density at radius 2 is 2.24 bits per heavy atom. The Morgan fingerprint density at radius 1 is 1.53 bits per heavy atom. The first-order valence-electron chi connectivity index (χ1n) is 5.83. The fraction of sp³-hybridized carbons (Fsp3) is 0.583. The van der Waals surface area contributed by atoms with E-state index in [0.717, 1.165) is 17.9 Å². The highest BCUT2D eigenvalue weighted by molar-refractivity contribution is 5.73. The standard InChI is InChI=1S/C12H17N3O2/c1-8-5-13-9(2)12(14-8)15(7-11(16)17)6-10-3-4-10/h5,10H,3-4,6-7H2,1-2H3,(H,16,17). The van der Waals surface area contributed by atoms with Crippen molar-refractivity contribution in [1.82, 2.24) is 9.97 Å². The minimum Gasteiger partial charge on any atom is -0.480 e. The van der Waals surface area contributed by atoms with Crippen molar-refractivity contribution < 1.29 is 9.90 Å². The predicted molar refractivity (Wildman–Crippen MR) is 64.1 cm³/mol. The van der Waals surface area contributed by atoms with Crippen LogP contribution in [0.5, 0.6) is 0 Å². The largest absolute Gasteiger partial charge is 0.480 e. The summed E-state index contributed by atoms with van der Waals surface area (Å²) in [6, 6.07) is 0. The highest BCUT2D eigenvalue weighted by Crippen LogP contribution is 2.31. The molecule has 0 aliphatic heterocycles. The molecule has 1 fully saturated rings. The van der Waals surface area contributed by atoms with Crippen LogP contribution in [0.3, 0.4) is 0 Å². The van der Waals surface area contributed by atoms with E-state index < -0.39 is 5.97 Å². The van der Waals surface area contributed by atoms with Crippen LogP contribution in [0.15, 0.2) is 6.20 Å². The van der Waals surface area contributed by atoms with Crippen LogP contribution in [0.4, 0.5) is 5.82 Å². The summed E-state index contributed by atoms with van der Waals surface area (Å²) in [6.45, 7) is 4.50. The summed E-state index contributed by atoms with van der Waals surface area (Å²) in [4.78, 5) is 21.4. The van der Waals surface area contributed by atoms with Crippen molar-refractivity contribution in [1.29, 1.82) is 0 Å². The van der Waals surface area contributed by atoms with Crippen LogP contribution in [0.2, 0.25) is 0 Å². The number of carbonyl (C=O) groups is 1. The highest BCUT2D eigenvalue weighted by Gasteiger charge is 2.27. The molecule has 0 saturated heterocycles. The number of rotatable bonds is 5. The first-order valence-corrected chi connectivity index (χ1v) is 5.83. The van der Waals surface area contributed by atoms with Crippen molar-refractivity contribution >= 4 is 11.8 Å². The fourth-order valence-electron chi connectivity index (χ4n) is 1.83. The van der Waals surface area contributed by atoms with Gasteiger partial charge in [0.05, 0.1) is 11.4 Å². The van der Waals surface area contributed by atoms with E-state index in [1.54, 1.807) is 6.20 Å². The van der Waals surface area contributed by atoms with Crippen molar-refractivity contribution in [3.8, 4) is 0 Å². The van der Waals surface area contributed by atoms with E-state index in [9.17, 15) is 4.79 Å². The molecule has 1 N–H and O–H groups in total. The van der Waals surface area contributed by atoms with Crippen LogP contribution in [-0.4, -0.2) is 34.1 Å². The molecule has 1 heterocycles. The lowest BCUT2D eigenvalue weighted by atomic mass is 10.3. The van der Waals surface area contributed by atoms with Gasteiger partial charge in [-0.05, 0) is 32.6 Å². The summed E-state index contributed by atoms with van der Waals surface area (Å²) in [7, 11) is 0. The molecule has 0 radical (unpaired) electrons. The van der Waals surface area contributed by atoms with Gasteiger partial charge in [0, 0.05) is 12.7 Å². The first kappa shape index (κ1) is 11.8. The minimum absolute atomic E-state index is 0.00449. The topological polar surface area (TPSA) is 66.3 Å². The maximum atomic E-state index is 10.9. The van der Waals surface area contributed by atoms with E-state index >= 15 is 0 Å². The molecule has 0 spiro atoms. The van der Waals surface area contributed by atoms with Crippen LogP contribution in [-0.2, 0) is 4.79 Å². The lowest BCUT2D eigenvalue weighted by Gasteiger charge is -2.23. The lowest BCUT2D eigenvalue weighted by Crippen LogP contribution is -2.33. The summed E-state index contributed by atoms with van der Waals surface area (Å²) in [5, 5.41) is 8.95. The lowest BCUT2D eigenvalue weighted by molar-refractivity contribution is -0.135. The van der Waals surface area contributed by atoms with Gasteiger partial charge in [0.2, 0.25) is 0 Å². The van der Waals surface area contributed by atoms with E-state index in [4.69, 9.17) is 5.11 Å². The van der Waals surface area contributed by atoms with Gasteiger partial charge < -0.3 is 10.0 Å². The Morgan fingerprint density at radius 3 is 2.82 bits per heavy atom. The minimum atomic E-state index is -0.826. The number of carboxylic acid groups (broad SMARTS) is 1. The van der Waals surface area contributed by atoms with Gasteiger partial charge in [0.25, 0.3) is 0 Å². The van der Waals surface area contributed by atoms with Gasteiger partial charge >= 0.3 is 5.97 Å². The van der Waals surface area contributed by atoms with Crippen LogP contribution < -0.4 is 4.90 Å². The summed E-state index contributed by atoms with van der Waals surface area (Å²) in [6.07, 6.45) is 4.08. The molecule has 17 heavy (non-hydrogen) atoms. The van der Waals surface area contributed by atoms with Gasteiger partial charge in [-0.2, -0.15) is 0 Å². The number of anilines is 1. The second kappa shape index (κ2) is 4.69. The van der Waals surface area contributed by atoms with Crippen molar-refractivity contribution in [2.24, 2.45) is 5.92 Å². The van der Waals surface area contributed by atoms with E-state index in [2.05, 4.69) is 9.97 Å². The Hall–Kier alpha value is -1.65. The van der Waals surface area contributed by atoms with E-state index in [1.807, 2.05) is 18.7 Å². The molecule has 1 aromatic rings. The monoisotopic (exact) mass is 235 g/mol. The first-order chi connectivity index (χ1) is 8.06. The summed E-state index contributed by atoms with van der Waals surface area (Å²) in [5.74, 6) is 0.503. The van der Waals surface area contributed by atoms with Gasteiger partial charge in [0.15, 0.2) is 5.82 Å². The zero-order valence-corrected chi connectivity index (χ0v) is 10.2. The number of carboxylic acids is 1. The third-order valence-corrected chi connectivity index (χ3v) is 2.85. The highest BCUT2D eigenvalue weighted by atomic mass is 16.4. The van der Waals surface area contributed by atoms with Crippen LogP contribution in [0.25, 0.3) is 0 Å². The van der Waals surface area contributed by atoms with Gasteiger partial charge in [-0.3, -0.25) is 9.78 Å². The third-order valence-electron chi connectivity index (χ3n) is 2.85. The molecule has 92 valence electrons. The van der Waals surface area contributed by atoms with Gasteiger partial charge in [-0.25, -0.2) is 4.98 Å². The molecule has 2 rings (SSSR count). The second-order valence-corrected chi connectivity index (χ2v) is 4.64. The molecule has 5 nitrogen and oxygen atoms in total. The number of aryl methyl sites for hydroxylation is 2. The Bertz CT molecular complexity index is 430. The molecular formula is C12H17N3O2. The average Bonchev–Trinajstić information content (AvgIpc) is 3.04. The predicted octanol–water partition coefficient (Wildman–Crippen LogP) is 1.39. The van der Waals surface area contributed by atoms with Crippen molar-refractivity contribution in [2.75, 3.05) is 18.0 Å². The molecule has 0 amide bonds. The molecule has 1 saturated carbocycles. The molecular weight excluding hydrogens is 218 g/mol. The molecule has 1 aromatic heterocycles. The Balaban J connectivity index is 2.22. The smallest absolute Gasteiger partial charge is 0.323 e. The van der Waals surface area contributed by atoms with Crippen molar-refractivity contribution in [2.45, 2.75) is 26.7 Å². The molecule has 0 aromatic carbocycles. The zero-order chi connectivity index (χ0) is 12.4. The van der Waals surface area contributed by atoms with E-state index in [1.165, 1.54) is 12.8 Å². The number of aromatic nitrogens is 2. The normalized spacial score (nSPS) is 14.7. The van der Waals surface area contributed by atoms with Gasteiger partial charge in [0.1, 0.15) is 6.54 Å². The maximum absolute atomic E-state index is 10.9. The van der Waals surface area contributed by atoms with E-state index in [-0.39, 0.29) is 6.54 Å². The van der Waals surface area contributed by atoms with Crippen LogP contribution in [0, 0.1) is 19.8 Å². The maximum Gasteiger partial charge on any atom is 0.323 e. The van der Waals surface area contributed by atoms with Gasteiger partial charge in [-0.1, -0.05) is 0 Å². The van der Waals surface area contributed by atoms with Gasteiger partial charge in [-0.15, -0.1) is 0 Å². The molecule has 1 aliphatic rings. The van der Waals surface area contributed by atoms with Crippen LogP contribution in [0.1, 0.15) is 24.2 Å². The number of aliphatic carboxylic acids is 1. The van der Waals surface area contributed by atoms with E-state index in [0.29, 0.717) is 11.7 Å². The zero-order valence-electron chi connectivity index (χ0n) is 10.2. The summed E-state index contributed by atoms with van der Waals surface area (Å²) < 4.78 is 0. The average molecular weight is 235 g/mol. The number of hydrogen-bond donors (Lipinski definition) is 1. The Kier molecular flexibility index (Phi) is 3.26. The third kappa shape index (κ3) is 3.15. The molecule has 5 heteroatoms. The van der Waals surface area contributed by atoms with Crippen molar-refractivity contribution in [3.05, 3.63) is 17.6 Å². The van der Waals surface area contributed by atoms with Crippen molar-refractivity contribution in [3.63, 3.8) is 0 Å². The SMILES string of the molecule is Cc1cnc(C)c(N(CC(=O)O)CC2CC2)n1. The summed E-state index contributed by atoms with van der Waals surface area (Å²) >= 11 is 0. The summed E-state index contributed by atoms with van der Waals surface area (Å²) in [5.41, 5.74) is 1.61. The molecule has 0 atom stereocenters. The second-order valence-electron chi connectivity index (χ2n) is 4.64. The molecule has 0 unspecified atom stereocenters. The Labute approximate surface area is 100 Å². The fourth-order valence-corrected chi connectivity index (χ4v) is 1.83. The van der Waals surface area contributed by atoms with Crippen LogP contribution >= 0.6 is 0 Å². The number of hydrogen-bond acceptors (Lipinski definition) is 4. The number of nitrogens with zero attached hydrogens (tertiary/aromatic N) is 3.